The zero-order valence-electron chi connectivity index (χ0n) is 28.3. The van der Waals surface area contributed by atoms with E-state index < -0.39 is 5.41 Å². The van der Waals surface area contributed by atoms with Gasteiger partial charge in [-0.1, -0.05) is 84.9 Å². The molecule has 0 fully saturated rings. The second kappa shape index (κ2) is 14.2. The van der Waals surface area contributed by atoms with Crippen LogP contribution in [0.15, 0.2) is 48.5 Å². The highest BCUT2D eigenvalue weighted by atomic mass is 16.5. The van der Waals surface area contributed by atoms with Crippen molar-refractivity contribution in [1.82, 2.24) is 4.90 Å². The van der Waals surface area contributed by atoms with Crippen LogP contribution in [0, 0.1) is 5.41 Å². The molecule has 0 saturated carbocycles. The lowest BCUT2D eigenvalue weighted by Crippen LogP contribution is -2.34. The molecule has 0 amide bonds. The van der Waals surface area contributed by atoms with Crippen molar-refractivity contribution >= 4 is 5.97 Å². The summed E-state index contributed by atoms with van der Waals surface area (Å²) in [6.07, 6.45) is 2.67. The van der Waals surface area contributed by atoms with Crippen LogP contribution in [-0.4, -0.2) is 42.7 Å². The highest BCUT2D eigenvalue weighted by Crippen LogP contribution is 2.44. The molecule has 0 aromatic heterocycles. The third kappa shape index (κ3) is 10.5. The van der Waals surface area contributed by atoms with Crippen molar-refractivity contribution in [1.29, 1.82) is 0 Å². The monoisotopic (exact) mass is 565 g/mol. The zero-order chi connectivity index (χ0) is 31.1. The van der Waals surface area contributed by atoms with Crippen molar-refractivity contribution in [2.75, 3.05) is 26.2 Å². The number of rotatable bonds is 14. The molecule has 4 heteroatoms. The van der Waals surface area contributed by atoms with Crippen LogP contribution in [0.25, 0.3) is 0 Å². The smallest absolute Gasteiger partial charge is 0.311 e. The minimum absolute atomic E-state index is 0.0373. The summed E-state index contributed by atoms with van der Waals surface area (Å²) in [5.74, 6) is 0.928. The maximum Gasteiger partial charge on any atom is 0.311 e. The molecule has 0 heterocycles. The van der Waals surface area contributed by atoms with Gasteiger partial charge in [0.2, 0.25) is 0 Å². The summed E-state index contributed by atoms with van der Waals surface area (Å²) in [6.45, 7) is 29.1. The molecule has 0 aliphatic carbocycles. The Bertz CT molecular complexity index is 1070. The van der Waals surface area contributed by atoms with Gasteiger partial charge in [-0.3, -0.25) is 4.79 Å². The van der Waals surface area contributed by atoms with Crippen LogP contribution in [0.3, 0.4) is 0 Å². The number of carbonyl (C=O) groups excluding carboxylic acids is 1. The molecule has 2 aromatic rings. The van der Waals surface area contributed by atoms with Crippen LogP contribution < -0.4 is 4.74 Å². The molecule has 0 spiro atoms. The summed E-state index contributed by atoms with van der Waals surface area (Å²) in [5.41, 5.74) is 3.16. The standard InChI is InChI=1S/C37H59NO3/c1-13-37(12,31-20-18-30(19-21-31)34(4,5)6)27-29(28-16-22-32(23-17-28)41-35(7,8)9)26-36(10,11)33(39)40-25-24-38(14-2)15-3/h16-23,29H,13-15,24-27H2,1-12H3. The Labute approximate surface area is 252 Å². The quantitative estimate of drug-likeness (QED) is 0.214. The van der Waals surface area contributed by atoms with Gasteiger partial charge in [0.15, 0.2) is 0 Å². The van der Waals surface area contributed by atoms with E-state index in [0.717, 1.165) is 38.2 Å². The van der Waals surface area contributed by atoms with Crippen LogP contribution in [-0.2, 0) is 20.4 Å². The summed E-state index contributed by atoms with van der Waals surface area (Å²) < 4.78 is 11.9. The number of esters is 1. The van der Waals surface area contributed by atoms with Crippen molar-refractivity contribution in [3.05, 3.63) is 65.2 Å². The lowest BCUT2D eigenvalue weighted by molar-refractivity contribution is -0.155. The van der Waals surface area contributed by atoms with E-state index in [1.165, 1.54) is 16.7 Å². The summed E-state index contributed by atoms with van der Waals surface area (Å²) in [6, 6.07) is 17.7. The van der Waals surface area contributed by atoms with Gasteiger partial charge >= 0.3 is 5.97 Å². The molecule has 4 nitrogen and oxygen atoms in total. The molecule has 230 valence electrons. The fourth-order valence-electron chi connectivity index (χ4n) is 5.55. The number of hydrogen-bond acceptors (Lipinski definition) is 4. The number of benzene rings is 2. The van der Waals surface area contributed by atoms with E-state index in [1.54, 1.807) is 0 Å². The molecule has 0 N–H and O–H groups in total. The second-order valence-electron chi connectivity index (χ2n) is 14.7. The average molecular weight is 566 g/mol. The van der Waals surface area contributed by atoms with E-state index in [1.807, 2.05) is 13.8 Å². The number of likely N-dealkylation sites (N-methyl/N-ethyl adjacent to an activating group) is 1. The molecule has 0 radical (unpaired) electrons. The van der Waals surface area contributed by atoms with E-state index >= 15 is 0 Å². The molecule has 0 bridgehead atoms. The molecular formula is C37H59NO3. The number of nitrogens with zero attached hydrogens (tertiary/aromatic N) is 1. The molecule has 2 unspecified atom stereocenters. The van der Waals surface area contributed by atoms with Crippen LogP contribution in [0.4, 0.5) is 0 Å². The van der Waals surface area contributed by atoms with E-state index in [2.05, 4.69) is 123 Å². The Morgan fingerprint density at radius 3 is 1.76 bits per heavy atom. The highest BCUT2D eigenvalue weighted by Gasteiger charge is 2.37. The van der Waals surface area contributed by atoms with Crippen LogP contribution in [0.5, 0.6) is 5.75 Å². The van der Waals surface area contributed by atoms with Gasteiger partial charge in [0.25, 0.3) is 0 Å². The Morgan fingerprint density at radius 1 is 0.756 bits per heavy atom. The molecule has 41 heavy (non-hydrogen) atoms. The van der Waals surface area contributed by atoms with Gasteiger partial charge in [-0.25, -0.2) is 0 Å². The highest BCUT2D eigenvalue weighted by molar-refractivity contribution is 5.76. The van der Waals surface area contributed by atoms with Crippen molar-refractivity contribution in [3.63, 3.8) is 0 Å². The predicted octanol–water partition coefficient (Wildman–Crippen LogP) is 9.30. The molecule has 2 atom stereocenters. The average Bonchev–Trinajstić information content (AvgIpc) is 2.89. The first-order valence-corrected chi connectivity index (χ1v) is 15.7. The Balaban J connectivity index is 2.37. The molecule has 0 saturated heterocycles. The van der Waals surface area contributed by atoms with Crippen LogP contribution >= 0.6 is 0 Å². The topological polar surface area (TPSA) is 38.8 Å². The van der Waals surface area contributed by atoms with E-state index in [0.29, 0.717) is 13.0 Å². The van der Waals surface area contributed by atoms with Crippen LogP contribution in [0.2, 0.25) is 0 Å². The van der Waals surface area contributed by atoms with Gasteiger partial charge in [-0.2, -0.15) is 0 Å². The maximum absolute atomic E-state index is 13.4. The molecule has 2 aromatic carbocycles. The molecular weight excluding hydrogens is 506 g/mol. The third-order valence-electron chi connectivity index (χ3n) is 8.55. The summed E-state index contributed by atoms with van der Waals surface area (Å²) >= 11 is 0. The first-order chi connectivity index (χ1) is 18.9. The lowest BCUT2D eigenvalue weighted by Gasteiger charge is -2.37. The Kier molecular flexibility index (Phi) is 12.1. The van der Waals surface area contributed by atoms with Crippen LogP contribution in [0.1, 0.15) is 125 Å². The Morgan fingerprint density at radius 2 is 1.29 bits per heavy atom. The fourth-order valence-corrected chi connectivity index (χ4v) is 5.55. The first kappa shape index (κ1) is 34.9. The van der Waals surface area contributed by atoms with Gasteiger partial charge in [-0.15, -0.1) is 0 Å². The van der Waals surface area contributed by atoms with E-state index in [4.69, 9.17) is 9.47 Å². The minimum Gasteiger partial charge on any atom is -0.488 e. The number of ether oxygens (including phenoxy) is 2. The predicted molar refractivity (Wildman–Crippen MR) is 174 cm³/mol. The van der Waals surface area contributed by atoms with Gasteiger partial charge in [-0.05, 0) is 113 Å². The SMILES string of the molecule is CCN(CC)CCOC(=O)C(C)(C)CC(CC(C)(CC)c1ccc(C(C)(C)C)cc1)c1ccc(OC(C)(C)C)cc1. The summed E-state index contributed by atoms with van der Waals surface area (Å²) in [4.78, 5) is 15.7. The largest absolute Gasteiger partial charge is 0.488 e. The van der Waals surface area contributed by atoms with Crippen molar-refractivity contribution in [3.8, 4) is 5.75 Å². The van der Waals surface area contributed by atoms with Gasteiger partial charge in [0.05, 0.1) is 5.41 Å². The van der Waals surface area contributed by atoms with Crippen molar-refractivity contribution in [2.45, 2.75) is 125 Å². The Hall–Kier alpha value is -2.33. The van der Waals surface area contributed by atoms with E-state index in [9.17, 15) is 4.79 Å². The lowest BCUT2D eigenvalue weighted by atomic mass is 9.68. The molecule has 0 aliphatic heterocycles. The van der Waals surface area contributed by atoms with Crippen molar-refractivity contribution in [2.24, 2.45) is 5.41 Å². The van der Waals surface area contributed by atoms with Crippen molar-refractivity contribution < 1.29 is 14.3 Å². The van der Waals surface area contributed by atoms with E-state index in [-0.39, 0.29) is 28.3 Å². The molecule has 2 rings (SSSR count). The second-order valence-corrected chi connectivity index (χ2v) is 14.7. The van der Waals surface area contributed by atoms with Gasteiger partial charge in [0, 0.05) is 6.54 Å². The van der Waals surface area contributed by atoms with Gasteiger partial charge < -0.3 is 14.4 Å². The fraction of sp³-hybridized carbons (Fsp3) is 0.649. The third-order valence-corrected chi connectivity index (χ3v) is 8.55. The minimum atomic E-state index is -0.612. The number of carbonyl (C=O) groups is 1. The number of hydrogen-bond donors (Lipinski definition) is 0. The zero-order valence-corrected chi connectivity index (χ0v) is 28.3. The first-order valence-electron chi connectivity index (χ1n) is 15.7. The molecule has 0 aliphatic rings. The summed E-state index contributed by atoms with van der Waals surface area (Å²) in [7, 11) is 0. The maximum atomic E-state index is 13.4. The normalized spacial score (nSPS) is 15.0. The summed E-state index contributed by atoms with van der Waals surface area (Å²) in [5, 5.41) is 0. The van der Waals surface area contributed by atoms with Gasteiger partial charge in [0.1, 0.15) is 18.0 Å².